The van der Waals surface area contributed by atoms with Crippen molar-refractivity contribution < 1.29 is 4.74 Å². The molecular weight excluding hydrogens is 209 g/mol. The molecule has 1 heterocycles. The van der Waals surface area contributed by atoms with Crippen LogP contribution in [0.4, 0.5) is 0 Å². The first kappa shape index (κ1) is 13.4. The molecule has 1 saturated carbocycles. The van der Waals surface area contributed by atoms with Crippen molar-refractivity contribution in [2.45, 2.75) is 63.3 Å². The first-order valence-electron chi connectivity index (χ1n) is 7.15. The fourth-order valence-electron chi connectivity index (χ4n) is 3.76. The van der Waals surface area contributed by atoms with Crippen molar-refractivity contribution in [3.05, 3.63) is 0 Å². The first-order chi connectivity index (χ1) is 7.84. The Morgan fingerprint density at radius 3 is 2.47 bits per heavy atom. The smallest absolute Gasteiger partial charge is 0.109 e. The minimum atomic E-state index is 0.299. The Morgan fingerprint density at radius 2 is 1.94 bits per heavy atom. The van der Waals surface area contributed by atoms with Crippen LogP contribution in [0.15, 0.2) is 0 Å². The Labute approximate surface area is 107 Å². The summed E-state index contributed by atoms with van der Waals surface area (Å²) in [5, 5.41) is 0.534. The maximum atomic E-state index is 5.42. The van der Waals surface area contributed by atoms with Crippen molar-refractivity contribution in [1.82, 2.24) is 4.90 Å². The molecule has 2 aliphatic rings. The molecule has 0 amide bonds. The summed E-state index contributed by atoms with van der Waals surface area (Å²) >= 11 is 0. The molecule has 2 rings (SSSR count). The van der Waals surface area contributed by atoms with Crippen LogP contribution in [0.5, 0.6) is 0 Å². The van der Waals surface area contributed by atoms with Crippen molar-refractivity contribution in [2.75, 3.05) is 20.3 Å². The van der Waals surface area contributed by atoms with Crippen LogP contribution in [0, 0.1) is 5.92 Å². The third-order valence-corrected chi connectivity index (χ3v) is 5.06. The zero-order valence-electron chi connectivity index (χ0n) is 12.3. The number of rotatable bonds is 2. The predicted octanol–water partition coefficient (Wildman–Crippen LogP) is 2.10. The van der Waals surface area contributed by atoms with Gasteiger partial charge in [0.15, 0.2) is 0 Å². The number of hydrogen-bond acceptors (Lipinski definition) is 2. The van der Waals surface area contributed by atoms with Crippen LogP contribution >= 0.6 is 0 Å². The molecule has 2 fully saturated rings. The SMILES string of the molecule is BC1(C)CCCC(N(C)C2(C)COC2)[C@@H](C)C1. The van der Waals surface area contributed by atoms with Gasteiger partial charge in [-0.05, 0) is 26.3 Å². The summed E-state index contributed by atoms with van der Waals surface area (Å²) in [6.07, 6.45) is 5.48. The van der Waals surface area contributed by atoms with Gasteiger partial charge < -0.3 is 4.74 Å². The zero-order chi connectivity index (χ0) is 12.7. The molecule has 0 spiro atoms. The van der Waals surface area contributed by atoms with Crippen molar-refractivity contribution in [2.24, 2.45) is 5.92 Å². The van der Waals surface area contributed by atoms with Gasteiger partial charge in [-0.3, -0.25) is 4.90 Å². The van der Waals surface area contributed by atoms with Crippen molar-refractivity contribution in [1.29, 1.82) is 0 Å². The van der Waals surface area contributed by atoms with Crippen LogP contribution in [-0.2, 0) is 4.74 Å². The molecule has 1 aliphatic carbocycles. The second-order valence-electron chi connectivity index (χ2n) is 7.41. The van der Waals surface area contributed by atoms with Crippen LogP contribution in [0.1, 0.15) is 46.5 Å². The van der Waals surface area contributed by atoms with Crippen LogP contribution < -0.4 is 0 Å². The molecule has 0 radical (unpaired) electrons. The van der Waals surface area contributed by atoms with Gasteiger partial charge in [-0.15, -0.1) is 0 Å². The maximum absolute atomic E-state index is 5.42. The highest BCUT2D eigenvalue weighted by Crippen LogP contribution is 2.43. The Hall–Kier alpha value is -0.0151. The quantitative estimate of drug-likeness (QED) is 0.538. The van der Waals surface area contributed by atoms with E-state index in [1.807, 2.05) is 0 Å². The highest BCUT2D eigenvalue weighted by atomic mass is 16.5. The molecule has 2 unspecified atom stereocenters. The summed E-state index contributed by atoms with van der Waals surface area (Å²) < 4.78 is 5.42. The summed E-state index contributed by atoms with van der Waals surface area (Å²) in [5.41, 5.74) is 0.299. The molecule has 3 atom stereocenters. The monoisotopic (exact) mass is 237 g/mol. The van der Waals surface area contributed by atoms with Gasteiger partial charge in [-0.25, -0.2) is 0 Å². The topological polar surface area (TPSA) is 12.5 Å². The highest BCUT2D eigenvalue weighted by Gasteiger charge is 2.43. The van der Waals surface area contributed by atoms with Gasteiger partial charge in [-0.1, -0.05) is 38.4 Å². The molecule has 0 N–H and O–H groups in total. The molecule has 3 heteroatoms. The number of hydrogen-bond donors (Lipinski definition) is 0. The van der Waals surface area contributed by atoms with Gasteiger partial charge >= 0.3 is 0 Å². The van der Waals surface area contributed by atoms with E-state index in [-0.39, 0.29) is 0 Å². The van der Waals surface area contributed by atoms with E-state index < -0.39 is 0 Å². The molecule has 0 aromatic carbocycles. The number of nitrogens with zero attached hydrogens (tertiary/aromatic N) is 1. The van der Waals surface area contributed by atoms with Gasteiger partial charge in [0.1, 0.15) is 7.85 Å². The minimum Gasteiger partial charge on any atom is -0.377 e. The average Bonchev–Trinajstić information content (AvgIpc) is 2.31. The summed E-state index contributed by atoms with van der Waals surface area (Å²) in [5.74, 6) is 0.801. The minimum absolute atomic E-state index is 0.299. The molecule has 0 bridgehead atoms. The second kappa shape index (κ2) is 4.58. The summed E-state index contributed by atoms with van der Waals surface area (Å²) in [7, 11) is 4.74. The molecule has 98 valence electrons. The molecule has 1 saturated heterocycles. The Morgan fingerprint density at radius 1 is 1.29 bits per heavy atom. The van der Waals surface area contributed by atoms with Crippen LogP contribution in [-0.4, -0.2) is 44.6 Å². The fraction of sp³-hybridized carbons (Fsp3) is 1.00. The normalized spacial score (nSPS) is 41.9. The van der Waals surface area contributed by atoms with Crippen LogP contribution in [0.2, 0.25) is 5.31 Å². The van der Waals surface area contributed by atoms with E-state index in [0.717, 1.165) is 25.2 Å². The Kier molecular flexibility index (Phi) is 3.62. The summed E-state index contributed by atoms with van der Waals surface area (Å²) in [6, 6.07) is 0.741. The van der Waals surface area contributed by atoms with Gasteiger partial charge in [0.05, 0.1) is 18.8 Å². The lowest BCUT2D eigenvalue weighted by atomic mass is 9.64. The Bertz CT molecular complexity index is 275. The van der Waals surface area contributed by atoms with Crippen molar-refractivity contribution in [3.63, 3.8) is 0 Å². The van der Waals surface area contributed by atoms with E-state index in [4.69, 9.17) is 4.74 Å². The van der Waals surface area contributed by atoms with Crippen molar-refractivity contribution >= 4 is 7.85 Å². The zero-order valence-corrected chi connectivity index (χ0v) is 12.3. The summed E-state index contributed by atoms with van der Waals surface area (Å²) in [4.78, 5) is 2.61. The molecule has 0 aromatic rings. The largest absolute Gasteiger partial charge is 0.377 e. The third kappa shape index (κ3) is 2.71. The Balaban J connectivity index is 2.04. The lowest BCUT2D eigenvalue weighted by Gasteiger charge is -2.50. The maximum Gasteiger partial charge on any atom is 0.109 e. The average molecular weight is 237 g/mol. The van der Waals surface area contributed by atoms with E-state index in [2.05, 4.69) is 40.6 Å². The van der Waals surface area contributed by atoms with Gasteiger partial charge in [-0.2, -0.15) is 0 Å². The number of likely N-dealkylation sites (N-methyl/N-ethyl adjacent to an activating group) is 1. The lowest BCUT2D eigenvalue weighted by molar-refractivity contribution is -0.140. The van der Waals surface area contributed by atoms with Gasteiger partial charge in [0.2, 0.25) is 0 Å². The van der Waals surface area contributed by atoms with E-state index in [1.165, 1.54) is 25.7 Å². The predicted molar refractivity (Wildman–Crippen MR) is 75.3 cm³/mol. The first-order valence-corrected chi connectivity index (χ1v) is 7.15. The van der Waals surface area contributed by atoms with Crippen molar-refractivity contribution in [3.8, 4) is 0 Å². The van der Waals surface area contributed by atoms with E-state index in [9.17, 15) is 0 Å². The summed E-state index contributed by atoms with van der Waals surface area (Å²) in [6.45, 7) is 9.04. The second-order valence-corrected chi connectivity index (χ2v) is 7.41. The lowest BCUT2D eigenvalue weighted by Crippen LogP contribution is -2.62. The van der Waals surface area contributed by atoms with Crippen LogP contribution in [0.3, 0.4) is 0 Å². The van der Waals surface area contributed by atoms with E-state index >= 15 is 0 Å². The third-order valence-electron chi connectivity index (χ3n) is 5.06. The van der Waals surface area contributed by atoms with Gasteiger partial charge in [0.25, 0.3) is 0 Å². The van der Waals surface area contributed by atoms with E-state index in [0.29, 0.717) is 10.9 Å². The molecule has 1 aliphatic heterocycles. The number of ether oxygens (including phenoxy) is 1. The molecular formula is C14H28BNO. The molecule has 0 aromatic heterocycles. The van der Waals surface area contributed by atoms with Gasteiger partial charge in [0, 0.05) is 6.04 Å². The molecule has 2 nitrogen and oxygen atoms in total. The van der Waals surface area contributed by atoms with Crippen LogP contribution in [0.25, 0.3) is 0 Å². The molecule has 17 heavy (non-hydrogen) atoms. The van der Waals surface area contributed by atoms with E-state index in [1.54, 1.807) is 0 Å². The fourth-order valence-corrected chi connectivity index (χ4v) is 3.76. The standard InChI is InChI=1S/C14H28BNO/c1-11-8-13(2,15)7-5-6-12(11)16(4)14(3)9-17-10-14/h11-12H,5-10,15H2,1-4H3/t11-,12?,13?/m0/s1. The highest BCUT2D eigenvalue weighted by molar-refractivity contribution is 6.14.